The highest BCUT2D eigenvalue weighted by molar-refractivity contribution is 6.14. The van der Waals surface area contributed by atoms with Gasteiger partial charge in [-0.25, -0.2) is 4.98 Å². The van der Waals surface area contributed by atoms with E-state index in [0.29, 0.717) is 40.0 Å². The number of rotatable bonds is 6. The molecule has 0 aliphatic carbocycles. The van der Waals surface area contributed by atoms with Crippen LogP contribution >= 0.6 is 0 Å². The summed E-state index contributed by atoms with van der Waals surface area (Å²) >= 11 is 0. The number of carbonyl (C=O) groups excluding carboxylic acids is 3. The van der Waals surface area contributed by atoms with Crippen LogP contribution < -0.4 is 11.1 Å². The van der Waals surface area contributed by atoms with E-state index >= 15 is 0 Å². The number of primary amides is 1. The highest BCUT2D eigenvalue weighted by Gasteiger charge is 2.19. The molecule has 0 spiro atoms. The molecule has 4 rings (SSSR count). The Morgan fingerprint density at radius 2 is 1.79 bits per heavy atom. The number of aromatic nitrogens is 3. The monoisotopic (exact) mass is 441 g/mol. The van der Waals surface area contributed by atoms with Crippen molar-refractivity contribution in [2.75, 3.05) is 5.32 Å². The number of nitrogens with zero attached hydrogens (tertiary/aromatic N) is 3. The quantitative estimate of drug-likeness (QED) is 0.443. The van der Waals surface area contributed by atoms with Crippen molar-refractivity contribution < 1.29 is 14.4 Å². The molecule has 8 heteroatoms. The molecule has 2 aromatic carbocycles. The Morgan fingerprint density at radius 1 is 1.03 bits per heavy atom. The second-order valence-corrected chi connectivity index (χ2v) is 7.85. The summed E-state index contributed by atoms with van der Waals surface area (Å²) in [6, 6.07) is 15.9. The maximum atomic E-state index is 13.2. The average Bonchev–Trinajstić information content (AvgIpc) is 3.05. The van der Waals surface area contributed by atoms with Gasteiger partial charge < -0.3 is 11.1 Å². The normalized spacial score (nSPS) is 10.9. The molecule has 2 heterocycles. The minimum Gasteiger partial charge on any atom is -0.364 e. The molecule has 166 valence electrons. The van der Waals surface area contributed by atoms with Crippen molar-refractivity contribution in [3.8, 4) is 0 Å². The Kier molecular flexibility index (Phi) is 5.74. The van der Waals surface area contributed by atoms with Crippen LogP contribution in [-0.4, -0.2) is 32.4 Å². The number of para-hydroxylation sites is 1. The van der Waals surface area contributed by atoms with Gasteiger partial charge in [-0.1, -0.05) is 36.4 Å². The van der Waals surface area contributed by atoms with Crippen LogP contribution in [0, 0.1) is 13.8 Å². The summed E-state index contributed by atoms with van der Waals surface area (Å²) in [6.07, 6.45) is 0. The molecular weight excluding hydrogens is 418 g/mol. The predicted molar refractivity (Wildman–Crippen MR) is 125 cm³/mol. The number of fused-ring (bicyclic) bond motifs is 1. The molecule has 0 saturated heterocycles. The number of hydrogen-bond acceptors (Lipinski definition) is 5. The molecule has 0 saturated carbocycles. The molecule has 0 bridgehead atoms. The van der Waals surface area contributed by atoms with Crippen molar-refractivity contribution >= 4 is 34.2 Å². The number of carbonyl (C=O) groups is 3. The fourth-order valence-corrected chi connectivity index (χ4v) is 3.76. The topological polar surface area (TPSA) is 120 Å². The number of nitrogens with two attached hydrogens (primary N) is 1. The molecule has 0 aliphatic rings. The van der Waals surface area contributed by atoms with Gasteiger partial charge in [0.2, 0.25) is 0 Å². The number of Topliss-reactive ketones (excluding diaryl/α,β-unsaturated/α-hetero) is 1. The second-order valence-electron chi connectivity index (χ2n) is 7.85. The van der Waals surface area contributed by atoms with Crippen molar-refractivity contribution in [3.63, 3.8) is 0 Å². The van der Waals surface area contributed by atoms with Crippen LogP contribution in [0.15, 0.2) is 54.6 Å². The van der Waals surface area contributed by atoms with Gasteiger partial charge in [0, 0.05) is 10.9 Å². The number of anilines is 1. The van der Waals surface area contributed by atoms with Gasteiger partial charge >= 0.3 is 0 Å². The number of hydrogen-bond donors (Lipinski definition) is 2. The van der Waals surface area contributed by atoms with E-state index in [1.807, 2.05) is 32.0 Å². The van der Waals surface area contributed by atoms with Crippen LogP contribution in [0.5, 0.6) is 0 Å². The maximum Gasteiger partial charge on any atom is 0.267 e. The molecule has 8 nitrogen and oxygen atoms in total. The van der Waals surface area contributed by atoms with E-state index in [2.05, 4.69) is 15.4 Å². The molecule has 4 aromatic rings. The molecule has 0 radical (unpaired) electrons. The van der Waals surface area contributed by atoms with Gasteiger partial charge in [0.05, 0.1) is 34.7 Å². The van der Waals surface area contributed by atoms with E-state index in [1.54, 1.807) is 35.0 Å². The lowest BCUT2D eigenvalue weighted by Gasteiger charge is -2.10. The third-order valence-corrected chi connectivity index (χ3v) is 5.50. The summed E-state index contributed by atoms with van der Waals surface area (Å²) in [6.45, 7) is 5.66. The van der Waals surface area contributed by atoms with Crippen LogP contribution in [0.2, 0.25) is 0 Å². The van der Waals surface area contributed by atoms with Crippen molar-refractivity contribution in [1.29, 1.82) is 0 Å². The van der Waals surface area contributed by atoms with E-state index in [4.69, 9.17) is 5.73 Å². The highest BCUT2D eigenvalue weighted by atomic mass is 16.2. The number of ketones is 1. The first kappa shape index (κ1) is 21.9. The maximum absolute atomic E-state index is 13.2. The minimum absolute atomic E-state index is 0.00178. The summed E-state index contributed by atoms with van der Waals surface area (Å²) in [5.41, 5.74) is 9.81. The summed E-state index contributed by atoms with van der Waals surface area (Å²) in [5, 5.41) is 8.11. The van der Waals surface area contributed by atoms with Crippen molar-refractivity contribution in [2.45, 2.75) is 27.3 Å². The molecular formula is C25H23N5O3. The zero-order valence-corrected chi connectivity index (χ0v) is 18.5. The molecule has 0 atom stereocenters. The van der Waals surface area contributed by atoms with Crippen LogP contribution in [0.25, 0.3) is 10.9 Å². The Bertz CT molecular complexity index is 1420. The Hall–Kier alpha value is -4.33. The van der Waals surface area contributed by atoms with Crippen molar-refractivity contribution in [1.82, 2.24) is 14.8 Å². The first-order valence-corrected chi connectivity index (χ1v) is 10.4. The smallest absolute Gasteiger partial charge is 0.267 e. The predicted octanol–water partition coefficient (Wildman–Crippen LogP) is 3.65. The Morgan fingerprint density at radius 3 is 2.52 bits per heavy atom. The number of amides is 2. The summed E-state index contributed by atoms with van der Waals surface area (Å²) in [4.78, 5) is 40.9. The molecule has 33 heavy (non-hydrogen) atoms. The van der Waals surface area contributed by atoms with E-state index in [9.17, 15) is 14.4 Å². The fourth-order valence-electron chi connectivity index (χ4n) is 3.76. The van der Waals surface area contributed by atoms with Crippen LogP contribution in [0.1, 0.15) is 55.1 Å². The van der Waals surface area contributed by atoms with Gasteiger partial charge in [0.1, 0.15) is 5.69 Å². The summed E-state index contributed by atoms with van der Waals surface area (Å²) in [5.74, 6) is -1.10. The third-order valence-electron chi connectivity index (χ3n) is 5.50. The fraction of sp³-hybridized carbons (Fsp3) is 0.160. The molecule has 2 amide bonds. The average molecular weight is 441 g/mol. The van der Waals surface area contributed by atoms with Crippen LogP contribution in [0.4, 0.5) is 5.69 Å². The number of nitrogens with one attached hydrogen (secondary N) is 1. The number of aryl methyl sites for hydroxylation is 1. The molecule has 0 unspecified atom stereocenters. The lowest BCUT2D eigenvalue weighted by Crippen LogP contribution is -2.18. The lowest BCUT2D eigenvalue weighted by molar-refractivity contribution is 0.0992. The van der Waals surface area contributed by atoms with Crippen molar-refractivity contribution in [2.24, 2.45) is 5.73 Å². The number of pyridine rings is 1. The number of benzene rings is 2. The first-order valence-electron chi connectivity index (χ1n) is 10.4. The molecule has 2 aromatic heterocycles. The SMILES string of the molecule is CC(=O)c1cccc(Cn2nc(C)c(NC(=O)c3cc(C(N)=O)nc4ccccc34)c2C)c1. The minimum atomic E-state index is -0.706. The van der Waals surface area contributed by atoms with Crippen LogP contribution in [-0.2, 0) is 6.54 Å². The van der Waals surface area contributed by atoms with Gasteiger partial charge in [0.25, 0.3) is 11.8 Å². The molecule has 3 N–H and O–H groups in total. The van der Waals surface area contributed by atoms with Gasteiger partial charge in [-0.15, -0.1) is 0 Å². The standard InChI is InChI=1S/C25H23N5O3/c1-14-23(15(2)30(29-14)13-17-7-6-8-18(11-17)16(3)31)28-25(33)20-12-22(24(26)32)27-21-10-5-4-9-19(20)21/h4-12H,13H2,1-3H3,(H2,26,32)(H,28,33). The van der Waals surface area contributed by atoms with E-state index in [0.717, 1.165) is 11.3 Å². The van der Waals surface area contributed by atoms with E-state index < -0.39 is 5.91 Å². The Balaban J connectivity index is 1.66. The van der Waals surface area contributed by atoms with Gasteiger partial charge in [-0.3, -0.25) is 19.1 Å². The third kappa shape index (κ3) is 4.36. The van der Waals surface area contributed by atoms with Crippen LogP contribution in [0.3, 0.4) is 0 Å². The molecule has 0 aliphatic heterocycles. The largest absolute Gasteiger partial charge is 0.364 e. The van der Waals surface area contributed by atoms with Gasteiger partial charge in [-0.05, 0) is 44.5 Å². The summed E-state index contributed by atoms with van der Waals surface area (Å²) in [7, 11) is 0. The van der Waals surface area contributed by atoms with E-state index in [1.165, 1.54) is 13.0 Å². The zero-order chi connectivity index (χ0) is 23.7. The molecule has 0 fully saturated rings. The van der Waals surface area contributed by atoms with E-state index in [-0.39, 0.29) is 17.4 Å². The zero-order valence-electron chi connectivity index (χ0n) is 18.5. The lowest BCUT2D eigenvalue weighted by atomic mass is 10.1. The van der Waals surface area contributed by atoms with Crippen molar-refractivity contribution in [3.05, 3.63) is 88.4 Å². The van der Waals surface area contributed by atoms with Gasteiger partial charge in [-0.2, -0.15) is 5.10 Å². The highest BCUT2D eigenvalue weighted by Crippen LogP contribution is 2.24. The second kappa shape index (κ2) is 8.66. The summed E-state index contributed by atoms with van der Waals surface area (Å²) < 4.78 is 1.78. The first-order chi connectivity index (χ1) is 15.7. The Labute approximate surface area is 190 Å². The van der Waals surface area contributed by atoms with Gasteiger partial charge in [0.15, 0.2) is 5.78 Å².